The van der Waals surface area contributed by atoms with Crippen LogP contribution >= 0.6 is 22.9 Å². The second-order valence-corrected chi connectivity index (χ2v) is 8.50. The topological polar surface area (TPSA) is 64.1 Å². The molecule has 0 fully saturated rings. The van der Waals surface area contributed by atoms with Gasteiger partial charge in [-0.1, -0.05) is 22.9 Å². The van der Waals surface area contributed by atoms with Crippen LogP contribution in [0.5, 0.6) is 17.2 Å². The minimum Gasteiger partial charge on any atom is -0.495 e. The Morgan fingerprint density at radius 3 is 2.35 bits per heavy atom. The van der Waals surface area contributed by atoms with Crippen molar-refractivity contribution in [3.8, 4) is 17.2 Å². The Bertz CT molecular complexity index is 983. The van der Waals surface area contributed by atoms with Gasteiger partial charge in [0.05, 0.1) is 14.2 Å². The minimum atomic E-state index is -0.175. The molecule has 0 aliphatic rings. The van der Waals surface area contributed by atoms with Crippen LogP contribution in [0.1, 0.15) is 6.42 Å². The predicted octanol–water partition coefficient (Wildman–Crippen LogP) is 4.33. The average Bonchev–Trinajstić information content (AvgIpc) is 3.20. The molecule has 0 unspecified atom stereocenters. The molecule has 0 N–H and O–H groups in total. The normalized spacial score (nSPS) is 11.0. The third-order valence-electron chi connectivity index (χ3n) is 4.59. The molecule has 1 amide bonds. The quantitative estimate of drug-likeness (QED) is 0.446. The first-order chi connectivity index (χ1) is 14.9. The number of carbonyl (C=O) groups is 1. The van der Waals surface area contributed by atoms with E-state index in [-0.39, 0.29) is 12.5 Å². The molecule has 0 spiro atoms. The number of aromatic nitrogens is 1. The number of thiazole rings is 1. The number of hydrogen-bond donors (Lipinski definition) is 0. The van der Waals surface area contributed by atoms with E-state index in [9.17, 15) is 4.79 Å². The lowest BCUT2D eigenvalue weighted by molar-refractivity contribution is -0.120. The maximum Gasteiger partial charge on any atom is 0.266 e. The molecule has 2 aromatic carbocycles. The van der Waals surface area contributed by atoms with Crippen molar-refractivity contribution in [2.45, 2.75) is 6.42 Å². The standard InChI is InChI=1S/C22H26ClN3O4S/c1-25(2)12-5-13-26(19(27)14-30-16-8-6-15(23)7-9-16)22-24-20-17(28-3)10-11-18(29-4)21(20)31-22/h6-11H,5,12-14H2,1-4H3. The summed E-state index contributed by atoms with van der Waals surface area (Å²) in [5, 5.41) is 1.20. The highest BCUT2D eigenvalue weighted by atomic mass is 35.5. The van der Waals surface area contributed by atoms with Gasteiger partial charge in [-0.15, -0.1) is 0 Å². The number of fused-ring (bicyclic) bond motifs is 1. The number of nitrogens with zero attached hydrogens (tertiary/aromatic N) is 3. The fourth-order valence-electron chi connectivity index (χ4n) is 3.02. The molecule has 0 aliphatic heterocycles. The third-order valence-corrected chi connectivity index (χ3v) is 5.94. The Hall–Kier alpha value is -2.55. The van der Waals surface area contributed by atoms with Crippen molar-refractivity contribution in [3.63, 3.8) is 0 Å². The fourth-order valence-corrected chi connectivity index (χ4v) is 4.26. The van der Waals surface area contributed by atoms with Crippen molar-refractivity contribution < 1.29 is 19.0 Å². The van der Waals surface area contributed by atoms with Gasteiger partial charge in [-0.25, -0.2) is 4.98 Å². The fraction of sp³-hybridized carbons (Fsp3) is 0.364. The number of carbonyl (C=O) groups excluding carboxylic acids is 1. The maximum absolute atomic E-state index is 13.1. The third kappa shape index (κ3) is 5.78. The van der Waals surface area contributed by atoms with Crippen LogP contribution in [0.3, 0.4) is 0 Å². The maximum atomic E-state index is 13.1. The zero-order valence-corrected chi connectivity index (χ0v) is 19.6. The first-order valence-electron chi connectivity index (χ1n) is 9.78. The molecule has 166 valence electrons. The number of anilines is 1. The van der Waals surface area contributed by atoms with Crippen LogP contribution in [0.15, 0.2) is 36.4 Å². The summed E-state index contributed by atoms with van der Waals surface area (Å²) in [5.41, 5.74) is 0.672. The lowest BCUT2D eigenvalue weighted by Crippen LogP contribution is -2.36. The summed E-state index contributed by atoms with van der Waals surface area (Å²) >= 11 is 7.31. The van der Waals surface area contributed by atoms with Crippen molar-refractivity contribution in [2.75, 3.05) is 52.9 Å². The lowest BCUT2D eigenvalue weighted by atomic mass is 10.3. The van der Waals surface area contributed by atoms with E-state index < -0.39 is 0 Å². The number of amides is 1. The van der Waals surface area contributed by atoms with Crippen molar-refractivity contribution in [1.29, 1.82) is 0 Å². The molecule has 1 heterocycles. The molecule has 1 aromatic heterocycles. The van der Waals surface area contributed by atoms with Gasteiger partial charge in [0.2, 0.25) is 0 Å². The van der Waals surface area contributed by atoms with Crippen molar-refractivity contribution in [3.05, 3.63) is 41.4 Å². The molecule has 0 atom stereocenters. The highest BCUT2D eigenvalue weighted by Crippen LogP contribution is 2.40. The van der Waals surface area contributed by atoms with Crippen LogP contribution in [0.4, 0.5) is 5.13 Å². The van der Waals surface area contributed by atoms with Gasteiger partial charge in [0.15, 0.2) is 11.7 Å². The molecule has 0 radical (unpaired) electrons. The molecule has 3 rings (SSSR count). The van der Waals surface area contributed by atoms with Crippen LogP contribution in [0.25, 0.3) is 10.2 Å². The Morgan fingerprint density at radius 1 is 1.03 bits per heavy atom. The SMILES string of the molecule is COc1ccc(OC)c2sc(N(CCCN(C)C)C(=O)COc3ccc(Cl)cc3)nc12. The van der Waals surface area contributed by atoms with E-state index in [1.807, 2.05) is 26.2 Å². The Kier molecular flexibility index (Phi) is 7.95. The highest BCUT2D eigenvalue weighted by Gasteiger charge is 2.23. The van der Waals surface area contributed by atoms with Crippen molar-refractivity contribution >= 4 is 44.2 Å². The molecule has 0 saturated carbocycles. The number of rotatable bonds is 10. The zero-order valence-electron chi connectivity index (χ0n) is 18.1. The Labute approximate surface area is 191 Å². The Morgan fingerprint density at radius 2 is 1.71 bits per heavy atom. The summed E-state index contributed by atoms with van der Waals surface area (Å²) in [6.45, 7) is 1.26. The van der Waals surface area contributed by atoms with Crippen LogP contribution in [-0.2, 0) is 4.79 Å². The molecule has 3 aromatic rings. The molecular formula is C22H26ClN3O4S. The van der Waals surface area contributed by atoms with E-state index in [1.165, 1.54) is 11.3 Å². The Balaban J connectivity index is 1.86. The predicted molar refractivity (Wildman–Crippen MR) is 125 cm³/mol. The summed E-state index contributed by atoms with van der Waals surface area (Å²) in [7, 11) is 7.22. The first kappa shape index (κ1) is 23.1. The van der Waals surface area contributed by atoms with Gasteiger partial charge in [0.1, 0.15) is 27.5 Å². The molecular weight excluding hydrogens is 438 g/mol. The van der Waals surface area contributed by atoms with E-state index in [1.54, 1.807) is 43.4 Å². The lowest BCUT2D eigenvalue weighted by Gasteiger charge is -2.21. The summed E-state index contributed by atoms with van der Waals surface area (Å²) in [6.07, 6.45) is 0.796. The summed E-state index contributed by atoms with van der Waals surface area (Å²) in [6, 6.07) is 10.6. The molecule has 9 heteroatoms. The second kappa shape index (κ2) is 10.7. The number of ether oxygens (including phenoxy) is 3. The van der Waals surface area contributed by atoms with E-state index in [0.29, 0.717) is 39.5 Å². The summed E-state index contributed by atoms with van der Waals surface area (Å²) in [4.78, 5) is 21.6. The van der Waals surface area contributed by atoms with Crippen LogP contribution in [0, 0.1) is 0 Å². The van der Waals surface area contributed by atoms with Crippen LogP contribution in [-0.4, -0.2) is 63.8 Å². The van der Waals surface area contributed by atoms with Gasteiger partial charge in [-0.2, -0.15) is 0 Å². The van der Waals surface area contributed by atoms with Gasteiger partial charge in [-0.3, -0.25) is 9.69 Å². The number of halogens is 1. The minimum absolute atomic E-state index is 0.103. The largest absolute Gasteiger partial charge is 0.495 e. The van der Waals surface area contributed by atoms with Crippen LogP contribution < -0.4 is 19.1 Å². The smallest absolute Gasteiger partial charge is 0.266 e. The monoisotopic (exact) mass is 463 g/mol. The summed E-state index contributed by atoms with van der Waals surface area (Å²) in [5.74, 6) is 1.73. The summed E-state index contributed by atoms with van der Waals surface area (Å²) < 4.78 is 17.4. The average molecular weight is 464 g/mol. The number of benzene rings is 2. The number of hydrogen-bond acceptors (Lipinski definition) is 7. The molecule has 0 bridgehead atoms. The van der Waals surface area contributed by atoms with Crippen molar-refractivity contribution in [1.82, 2.24) is 9.88 Å². The van der Waals surface area contributed by atoms with Gasteiger partial charge in [0, 0.05) is 11.6 Å². The number of methoxy groups -OCH3 is 2. The zero-order chi connectivity index (χ0) is 22.4. The van der Waals surface area contributed by atoms with E-state index in [0.717, 1.165) is 17.7 Å². The molecule has 0 aliphatic carbocycles. The molecule has 0 saturated heterocycles. The highest BCUT2D eigenvalue weighted by molar-refractivity contribution is 7.22. The molecule has 31 heavy (non-hydrogen) atoms. The molecule has 7 nitrogen and oxygen atoms in total. The second-order valence-electron chi connectivity index (χ2n) is 7.09. The van der Waals surface area contributed by atoms with E-state index >= 15 is 0 Å². The van der Waals surface area contributed by atoms with E-state index in [4.69, 9.17) is 30.8 Å². The first-order valence-corrected chi connectivity index (χ1v) is 11.0. The van der Waals surface area contributed by atoms with Gasteiger partial charge >= 0.3 is 0 Å². The van der Waals surface area contributed by atoms with Gasteiger partial charge in [0.25, 0.3) is 5.91 Å². The van der Waals surface area contributed by atoms with Crippen molar-refractivity contribution in [2.24, 2.45) is 0 Å². The van der Waals surface area contributed by atoms with Crippen LogP contribution in [0.2, 0.25) is 5.02 Å². The van der Waals surface area contributed by atoms with Gasteiger partial charge < -0.3 is 19.1 Å². The van der Waals surface area contributed by atoms with E-state index in [2.05, 4.69) is 4.90 Å². The van der Waals surface area contributed by atoms with Gasteiger partial charge in [-0.05, 0) is 63.5 Å².